The summed E-state index contributed by atoms with van der Waals surface area (Å²) in [5.74, 6) is 1.66. The molecule has 9 heteroatoms. The van der Waals surface area contributed by atoms with Crippen LogP contribution in [0.3, 0.4) is 0 Å². The average molecular weight is 526 g/mol. The number of nitrogens with zero attached hydrogens (tertiary/aromatic N) is 1. The maximum Gasteiger partial charge on any atom is 0.322 e. The van der Waals surface area contributed by atoms with Crippen molar-refractivity contribution < 1.29 is 32.5 Å². The number of hydrogen-bond donors (Lipinski definition) is 1. The first-order valence-corrected chi connectivity index (χ1v) is 13.8. The Morgan fingerprint density at radius 1 is 0.946 bits per heavy atom. The quantitative estimate of drug-likeness (QED) is 0.327. The van der Waals surface area contributed by atoms with Crippen LogP contribution in [-0.2, 0) is 21.2 Å². The van der Waals surface area contributed by atoms with E-state index in [9.17, 15) is 18.3 Å². The Morgan fingerprint density at radius 2 is 1.65 bits per heavy atom. The van der Waals surface area contributed by atoms with Crippen LogP contribution in [0.2, 0.25) is 0 Å². The van der Waals surface area contributed by atoms with E-state index in [0.717, 1.165) is 40.0 Å². The Kier molecular flexibility index (Phi) is 8.68. The molecule has 196 valence electrons. The van der Waals surface area contributed by atoms with Gasteiger partial charge in [0, 0.05) is 6.54 Å². The summed E-state index contributed by atoms with van der Waals surface area (Å²) in [6.45, 7) is 2.89. The minimum Gasteiger partial charge on any atom is -0.490 e. The van der Waals surface area contributed by atoms with Crippen molar-refractivity contribution in [3.8, 4) is 23.0 Å². The van der Waals surface area contributed by atoms with Gasteiger partial charge in [-0.25, -0.2) is 8.42 Å². The van der Waals surface area contributed by atoms with E-state index in [1.165, 1.54) is 12.1 Å². The van der Waals surface area contributed by atoms with Crippen LogP contribution < -0.4 is 14.2 Å². The summed E-state index contributed by atoms with van der Waals surface area (Å²) in [6, 6.07) is 20.3. The minimum absolute atomic E-state index is 0.0475. The number of carboxylic acid groups (broad SMARTS) is 1. The number of rotatable bonds is 12. The Hall–Kier alpha value is -3.56. The number of aliphatic carboxylic acids is 1. The maximum atomic E-state index is 12.9. The summed E-state index contributed by atoms with van der Waals surface area (Å²) in [5, 5.41) is 9.32. The molecule has 0 radical (unpaired) electrons. The number of benzene rings is 3. The second-order valence-electron chi connectivity index (χ2n) is 8.71. The van der Waals surface area contributed by atoms with Crippen molar-refractivity contribution in [1.29, 1.82) is 0 Å². The normalized spacial score (nSPS) is 15.9. The Morgan fingerprint density at radius 3 is 2.35 bits per heavy atom. The molecule has 1 fully saturated rings. The third-order valence-electron chi connectivity index (χ3n) is 6.06. The van der Waals surface area contributed by atoms with Crippen LogP contribution in [0.5, 0.6) is 23.0 Å². The van der Waals surface area contributed by atoms with Gasteiger partial charge in [-0.2, -0.15) is 4.31 Å². The van der Waals surface area contributed by atoms with E-state index < -0.39 is 22.0 Å². The summed E-state index contributed by atoms with van der Waals surface area (Å²) < 4.78 is 44.4. The van der Waals surface area contributed by atoms with E-state index in [4.69, 9.17) is 14.2 Å². The summed E-state index contributed by atoms with van der Waals surface area (Å²) in [4.78, 5) is 11.4. The molecular weight excluding hydrogens is 494 g/mol. The molecule has 0 amide bonds. The molecule has 1 atom stereocenters. The Labute approximate surface area is 217 Å². The smallest absolute Gasteiger partial charge is 0.322 e. The third kappa shape index (κ3) is 6.61. The van der Waals surface area contributed by atoms with E-state index in [0.29, 0.717) is 25.2 Å². The number of carbonyl (C=O) groups is 1. The molecule has 0 aromatic heterocycles. The molecule has 1 saturated heterocycles. The summed E-state index contributed by atoms with van der Waals surface area (Å²) in [6.07, 6.45) is 2.65. The molecule has 4 rings (SSSR count). The first kappa shape index (κ1) is 26.5. The van der Waals surface area contributed by atoms with Crippen molar-refractivity contribution in [2.45, 2.75) is 43.5 Å². The molecule has 0 bridgehead atoms. The number of carboxylic acids is 1. The van der Waals surface area contributed by atoms with E-state index in [-0.39, 0.29) is 18.0 Å². The highest BCUT2D eigenvalue weighted by molar-refractivity contribution is 7.89. The van der Waals surface area contributed by atoms with Gasteiger partial charge in [0.15, 0.2) is 0 Å². The molecule has 0 aliphatic carbocycles. The van der Waals surface area contributed by atoms with Gasteiger partial charge in [0.2, 0.25) is 10.0 Å². The van der Waals surface area contributed by atoms with Gasteiger partial charge >= 0.3 is 5.97 Å². The van der Waals surface area contributed by atoms with Crippen molar-refractivity contribution in [1.82, 2.24) is 4.31 Å². The lowest BCUT2D eigenvalue weighted by molar-refractivity contribution is -0.140. The molecule has 37 heavy (non-hydrogen) atoms. The number of para-hydroxylation sites is 1. The lowest BCUT2D eigenvalue weighted by atomic mass is 10.1. The van der Waals surface area contributed by atoms with Crippen LogP contribution in [0, 0.1) is 0 Å². The monoisotopic (exact) mass is 525 g/mol. The summed E-state index contributed by atoms with van der Waals surface area (Å²) in [5.41, 5.74) is 1.05. The predicted octanol–water partition coefficient (Wildman–Crippen LogP) is 5.13. The zero-order chi connectivity index (χ0) is 26.3. The molecule has 3 aromatic rings. The Bertz CT molecular complexity index is 1290. The van der Waals surface area contributed by atoms with E-state index >= 15 is 0 Å². The van der Waals surface area contributed by atoms with Crippen molar-refractivity contribution in [2.75, 3.05) is 19.8 Å². The highest BCUT2D eigenvalue weighted by atomic mass is 32.2. The highest BCUT2D eigenvalue weighted by Gasteiger charge is 2.39. The van der Waals surface area contributed by atoms with E-state index in [1.807, 2.05) is 48.5 Å². The maximum absolute atomic E-state index is 12.9. The van der Waals surface area contributed by atoms with Crippen molar-refractivity contribution >= 4 is 16.0 Å². The number of sulfonamides is 1. The third-order valence-corrected chi connectivity index (χ3v) is 7.98. The molecule has 8 nitrogen and oxygen atoms in total. The van der Waals surface area contributed by atoms with Gasteiger partial charge in [0.05, 0.1) is 4.90 Å². The fraction of sp³-hybridized carbons (Fsp3) is 0.321. The largest absolute Gasteiger partial charge is 0.490 e. The molecule has 1 heterocycles. The fourth-order valence-corrected chi connectivity index (χ4v) is 5.93. The minimum atomic E-state index is -3.88. The van der Waals surface area contributed by atoms with E-state index in [1.54, 1.807) is 12.1 Å². The topological polar surface area (TPSA) is 102 Å². The Balaban J connectivity index is 1.32. The summed E-state index contributed by atoms with van der Waals surface area (Å²) in [7, 11) is -3.88. The average Bonchev–Trinajstić information content (AvgIpc) is 3.40. The van der Waals surface area contributed by atoms with Crippen molar-refractivity contribution in [3.63, 3.8) is 0 Å². The lowest BCUT2D eigenvalue weighted by Crippen LogP contribution is -2.40. The zero-order valence-electron chi connectivity index (χ0n) is 20.7. The molecule has 3 aromatic carbocycles. The van der Waals surface area contributed by atoms with Gasteiger partial charge in [0.25, 0.3) is 0 Å². The SMILES string of the molecule is CCCc1cc(Oc2ccccc2)ccc1OCCOc1ccc(S(=O)(=O)N2CCC[C@@H]2C(=O)O)cc1. The van der Waals surface area contributed by atoms with Gasteiger partial charge < -0.3 is 19.3 Å². The standard InChI is InChI=1S/C28H31NO7S/c1-2-7-21-20-24(36-23-8-4-3-5-9-23)13-16-27(21)35-19-18-34-22-11-14-25(15-12-22)37(32,33)29-17-6-10-26(29)28(30)31/h3-5,8-9,11-16,20,26H,2,6-7,10,17-19H2,1H3,(H,30,31)/t26-/m1/s1. The van der Waals surface area contributed by atoms with Crippen molar-refractivity contribution in [2.24, 2.45) is 0 Å². The fourth-order valence-electron chi connectivity index (χ4n) is 4.28. The van der Waals surface area contributed by atoms with Crippen LogP contribution in [0.1, 0.15) is 31.7 Å². The summed E-state index contributed by atoms with van der Waals surface area (Å²) >= 11 is 0. The molecule has 0 unspecified atom stereocenters. The van der Waals surface area contributed by atoms with Gasteiger partial charge in [0.1, 0.15) is 42.3 Å². The van der Waals surface area contributed by atoms with Crippen LogP contribution in [0.25, 0.3) is 0 Å². The number of aryl methyl sites for hydroxylation is 1. The van der Waals surface area contributed by atoms with Gasteiger partial charge in [-0.05, 0) is 79.4 Å². The second-order valence-corrected chi connectivity index (χ2v) is 10.6. The predicted molar refractivity (Wildman–Crippen MR) is 139 cm³/mol. The van der Waals surface area contributed by atoms with Gasteiger partial charge in [-0.3, -0.25) is 4.79 Å². The van der Waals surface area contributed by atoms with Crippen LogP contribution in [0.4, 0.5) is 0 Å². The first-order chi connectivity index (χ1) is 17.9. The molecule has 1 aliphatic heterocycles. The molecular formula is C28H31NO7S. The van der Waals surface area contributed by atoms with Gasteiger partial charge in [-0.1, -0.05) is 31.5 Å². The van der Waals surface area contributed by atoms with Crippen LogP contribution in [0.15, 0.2) is 77.7 Å². The molecule has 1 aliphatic rings. The zero-order valence-corrected chi connectivity index (χ0v) is 21.5. The molecule has 1 N–H and O–H groups in total. The lowest BCUT2D eigenvalue weighted by Gasteiger charge is -2.21. The molecule has 0 spiro atoms. The van der Waals surface area contributed by atoms with Crippen LogP contribution in [-0.4, -0.2) is 49.6 Å². The molecule has 0 saturated carbocycles. The first-order valence-electron chi connectivity index (χ1n) is 12.3. The highest BCUT2D eigenvalue weighted by Crippen LogP contribution is 2.29. The van der Waals surface area contributed by atoms with Gasteiger partial charge in [-0.15, -0.1) is 0 Å². The second kappa shape index (κ2) is 12.1. The van der Waals surface area contributed by atoms with E-state index in [2.05, 4.69) is 6.92 Å². The van der Waals surface area contributed by atoms with Crippen LogP contribution >= 0.6 is 0 Å². The van der Waals surface area contributed by atoms with Crippen molar-refractivity contribution in [3.05, 3.63) is 78.4 Å². The number of hydrogen-bond acceptors (Lipinski definition) is 6. The number of ether oxygens (including phenoxy) is 3.